The number of primary sulfonamides is 1. The molecular weight excluding hydrogens is 401 g/mol. The summed E-state index contributed by atoms with van der Waals surface area (Å²) in [5.74, 6) is 0.295. The number of fused-ring (bicyclic) bond motifs is 1. The molecule has 0 amide bonds. The minimum atomic E-state index is -4.93. The number of hydrogen-bond acceptors (Lipinski definition) is 8. The second-order valence-corrected chi connectivity index (χ2v) is 7.35. The van der Waals surface area contributed by atoms with Crippen molar-refractivity contribution in [2.45, 2.75) is 17.2 Å². The number of nitrogens with two attached hydrogens (primary N) is 1. The fourth-order valence-corrected chi connectivity index (χ4v) is 4.09. The van der Waals surface area contributed by atoms with Crippen LogP contribution in [0.3, 0.4) is 0 Å². The van der Waals surface area contributed by atoms with Gasteiger partial charge in [-0.15, -0.1) is 0 Å². The van der Waals surface area contributed by atoms with Crippen molar-refractivity contribution in [2.75, 3.05) is 0 Å². The molecule has 1 aliphatic heterocycles. The number of nitrogens with zero attached hydrogens (tertiary/aromatic N) is 3. The Labute approximate surface area is 155 Å². The van der Waals surface area contributed by atoms with Crippen molar-refractivity contribution in [1.82, 2.24) is 36.3 Å². The summed E-state index contributed by atoms with van der Waals surface area (Å²) in [5.41, 5.74) is 9.06. The second-order valence-electron chi connectivity index (χ2n) is 5.85. The number of imidazole rings is 1. The van der Waals surface area contributed by atoms with Gasteiger partial charge in [0.1, 0.15) is 11.1 Å². The lowest BCUT2D eigenvalue weighted by atomic mass is 9.99. The highest BCUT2D eigenvalue weighted by atomic mass is 32.2. The molecule has 0 unspecified atom stereocenters. The van der Waals surface area contributed by atoms with Gasteiger partial charge in [0.25, 0.3) is 0 Å². The van der Waals surface area contributed by atoms with Crippen LogP contribution in [0.5, 0.6) is 0 Å². The number of hydrazine groups is 3. The third-order valence-corrected chi connectivity index (χ3v) is 5.14. The van der Waals surface area contributed by atoms with Crippen molar-refractivity contribution in [3.63, 3.8) is 0 Å². The van der Waals surface area contributed by atoms with E-state index in [1.807, 2.05) is 0 Å². The van der Waals surface area contributed by atoms with Crippen LogP contribution >= 0.6 is 0 Å². The molecule has 0 saturated carbocycles. The normalized spacial score (nSPS) is 16.1. The molecule has 1 saturated heterocycles. The van der Waals surface area contributed by atoms with E-state index in [1.165, 1.54) is 22.9 Å². The van der Waals surface area contributed by atoms with E-state index in [9.17, 15) is 21.6 Å². The van der Waals surface area contributed by atoms with Gasteiger partial charge in [-0.05, 0) is 12.1 Å². The van der Waals surface area contributed by atoms with E-state index >= 15 is 0 Å². The van der Waals surface area contributed by atoms with Gasteiger partial charge in [0.05, 0.1) is 17.5 Å². The Morgan fingerprint density at radius 2 is 1.86 bits per heavy atom. The Hall–Kier alpha value is -2.62. The Bertz CT molecular complexity index is 1160. The van der Waals surface area contributed by atoms with Gasteiger partial charge in [0.2, 0.25) is 15.8 Å². The van der Waals surface area contributed by atoms with Gasteiger partial charge in [-0.2, -0.15) is 24.2 Å². The quantitative estimate of drug-likeness (QED) is 0.409. The molecule has 3 heterocycles. The van der Waals surface area contributed by atoms with Crippen molar-refractivity contribution in [3.8, 4) is 11.3 Å². The first-order chi connectivity index (χ1) is 13.2. The molecule has 1 fully saturated rings. The summed E-state index contributed by atoms with van der Waals surface area (Å²) in [6.07, 6.45) is -1.49. The summed E-state index contributed by atoms with van der Waals surface area (Å²) < 4.78 is 66.6. The SMILES string of the molecule is NS(=O)(=O)c1c(C(F)(F)F)ccc(-c2cnc3ncccn23)c1C1NNNN1. The number of nitrogens with one attached hydrogen (secondary N) is 4. The molecule has 148 valence electrons. The number of rotatable bonds is 3. The summed E-state index contributed by atoms with van der Waals surface area (Å²) in [5, 5.41) is 5.20. The monoisotopic (exact) mass is 414 g/mol. The Kier molecular flexibility index (Phi) is 4.33. The van der Waals surface area contributed by atoms with Gasteiger partial charge in [-0.1, -0.05) is 6.07 Å². The van der Waals surface area contributed by atoms with E-state index in [1.54, 1.807) is 12.3 Å². The lowest BCUT2D eigenvalue weighted by Crippen LogP contribution is -2.33. The highest BCUT2D eigenvalue weighted by Crippen LogP contribution is 2.41. The smallest absolute Gasteiger partial charge is 0.284 e. The molecule has 4 rings (SSSR count). The van der Waals surface area contributed by atoms with Crippen molar-refractivity contribution in [1.29, 1.82) is 0 Å². The highest BCUT2D eigenvalue weighted by molar-refractivity contribution is 7.89. The van der Waals surface area contributed by atoms with Gasteiger partial charge >= 0.3 is 6.18 Å². The maximum Gasteiger partial charge on any atom is 0.417 e. The first-order valence-electron chi connectivity index (χ1n) is 7.74. The molecule has 1 aliphatic rings. The van der Waals surface area contributed by atoms with Crippen LogP contribution in [-0.4, -0.2) is 22.8 Å². The van der Waals surface area contributed by atoms with Crippen LogP contribution in [0.15, 0.2) is 41.7 Å². The molecular formula is C14H13F3N8O2S. The number of sulfonamides is 1. The second kappa shape index (κ2) is 6.47. The third kappa shape index (κ3) is 3.11. The molecule has 0 aliphatic carbocycles. The zero-order valence-corrected chi connectivity index (χ0v) is 14.6. The van der Waals surface area contributed by atoms with E-state index < -0.39 is 32.8 Å². The van der Waals surface area contributed by atoms with Crippen LogP contribution in [0.25, 0.3) is 17.0 Å². The minimum absolute atomic E-state index is 0.174. The van der Waals surface area contributed by atoms with E-state index in [4.69, 9.17) is 5.14 Å². The fraction of sp³-hybridized carbons (Fsp3) is 0.143. The fourth-order valence-electron chi connectivity index (χ4n) is 3.06. The molecule has 2 aromatic heterocycles. The topological polar surface area (TPSA) is 138 Å². The molecule has 6 N–H and O–H groups in total. The Balaban J connectivity index is 2.10. The number of alkyl halides is 3. The highest BCUT2D eigenvalue weighted by Gasteiger charge is 2.41. The number of benzene rings is 1. The van der Waals surface area contributed by atoms with E-state index in [-0.39, 0.29) is 11.1 Å². The molecule has 28 heavy (non-hydrogen) atoms. The maximum absolute atomic E-state index is 13.6. The van der Waals surface area contributed by atoms with Crippen LogP contribution in [0, 0.1) is 0 Å². The molecule has 3 aromatic rings. The summed E-state index contributed by atoms with van der Waals surface area (Å²) in [7, 11) is -4.75. The number of hydrogen-bond donors (Lipinski definition) is 5. The first-order valence-corrected chi connectivity index (χ1v) is 9.29. The van der Waals surface area contributed by atoms with Gasteiger partial charge in [0.15, 0.2) is 0 Å². The summed E-state index contributed by atoms with van der Waals surface area (Å²) in [4.78, 5) is 7.12. The van der Waals surface area contributed by atoms with Gasteiger partial charge in [-0.3, -0.25) is 4.40 Å². The molecule has 0 radical (unpaired) electrons. The molecule has 0 spiro atoms. The van der Waals surface area contributed by atoms with E-state index in [0.29, 0.717) is 17.5 Å². The molecule has 14 heteroatoms. The van der Waals surface area contributed by atoms with E-state index in [2.05, 4.69) is 31.9 Å². The lowest BCUT2D eigenvalue weighted by Gasteiger charge is -2.22. The average molecular weight is 414 g/mol. The maximum atomic E-state index is 13.6. The minimum Gasteiger partial charge on any atom is -0.284 e. The summed E-state index contributed by atoms with van der Waals surface area (Å²) in [6, 6.07) is 3.47. The number of aromatic nitrogens is 3. The zero-order valence-electron chi connectivity index (χ0n) is 13.8. The predicted molar refractivity (Wildman–Crippen MR) is 90.1 cm³/mol. The zero-order chi connectivity index (χ0) is 20.1. The summed E-state index contributed by atoms with van der Waals surface area (Å²) >= 11 is 0. The average Bonchev–Trinajstić information content (AvgIpc) is 3.28. The van der Waals surface area contributed by atoms with Crippen molar-refractivity contribution in [2.24, 2.45) is 5.14 Å². The lowest BCUT2D eigenvalue weighted by molar-refractivity contribution is -0.140. The van der Waals surface area contributed by atoms with E-state index in [0.717, 1.165) is 0 Å². The van der Waals surface area contributed by atoms with Crippen LogP contribution < -0.4 is 27.1 Å². The number of halogens is 3. The Morgan fingerprint density at radius 3 is 2.50 bits per heavy atom. The van der Waals surface area contributed by atoms with Crippen molar-refractivity contribution < 1.29 is 21.6 Å². The Morgan fingerprint density at radius 1 is 1.14 bits per heavy atom. The third-order valence-electron chi connectivity index (χ3n) is 4.13. The van der Waals surface area contributed by atoms with Crippen LogP contribution in [0.4, 0.5) is 13.2 Å². The molecule has 1 aromatic carbocycles. The molecule has 10 nitrogen and oxygen atoms in total. The van der Waals surface area contributed by atoms with Crippen LogP contribution in [0.2, 0.25) is 0 Å². The predicted octanol–water partition coefficient (Wildman–Crippen LogP) is 0.178. The first kappa shape index (κ1) is 18.7. The largest absolute Gasteiger partial charge is 0.417 e. The standard InChI is InChI=1S/C14H13F3N8O2S/c15-14(16,17)8-3-2-7(9-6-20-13-19-4-1-5-25(9)13)10(11(8)28(18,26)27)12-21-23-24-22-12/h1-6,12,21-24H,(H2,18,26,27). The van der Waals surface area contributed by atoms with Gasteiger partial charge < -0.3 is 0 Å². The van der Waals surface area contributed by atoms with Crippen LogP contribution in [-0.2, 0) is 16.2 Å². The molecule has 0 bridgehead atoms. The van der Waals surface area contributed by atoms with Crippen LogP contribution in [0.1, 0.15) is 17.3 Å². The van der Waals surface area contributed by atoms with Crippen molar-refractivity contribution in [3.05, 3.63) is 47.9 Å². The summed E-state index contributed by atoms with van der Waals surface area (Å²) in [6.45, 7) is 0. The molecule has 0 atom stereocenters. The van der Waals surface area contributed by atoms with Gasteiger partial charge in [-0.25, -0.2) is 34.4 Å². The van der Waals surface area contributed by atoms with Crippen molar-refractivity contribution >= 4 is 15.8 Å². The van der Waals surface area contributed by atoms with Gasteiger partial charge in [0, 0.05) is 23.5 Å².